The van der Waals surface area contributed by atoms with Crippen LogP contribution in [0.15, 0.2) is 12.2 Å². The van der Waals surface area contributed by atoms with Crippen LogP contribution in [-0.4, -0.2) is 30.4 Å². The van der Waals surface area contributed by atoms with Crippen molar-refractivity contribution in [1.29, 1.82) is 0 Å². The Bertz CT molecular complexity index is 401. The molecular weight excluding hydrogens is 340 g/mol. The minimum Gasteiger partial charge on any atom is -0.481 e. The van der Waals surface area contributed by atoms with Gasteiger partial charge >= 0.3 is 5.97 Å². The van der Waals surface area contributed by atoms with Gasteiger partial charge in [-0.05, 0) is 32.1 Å². The average molecular weight is 385 g/mol. The normalized spacial score (nSPS) is 15.9. The van der Waals surface area contributed by atoms with E-state index in [2.05, 4.69) is 38.7 Å². The predicted molar refractivity (Wildman–Crippen MR) is 116 cm³/mol. The summed E-state index contributed by atoms with van der Waals surface area (Å²) in [4.78, 5) is 11.7. The molecule has 0 spiro atoms. The van der Waals surface area contributed by atoms with Crippen molar-refractivity contribution in [3.8, 4) is 0 Å². The first kappa shape index (κ1) is 25.4. The van der Waals surface area contributed by atoms with Crippen LogP contribution in [0.1, 0.15) is 90.9 Å². The standard InChI is InChI=1S/C22H44O3Si/c1-6-7-8-14-17-20(23)18-15-12-10-9-11-13-16-19-22(2,21(24)25)26(3,4)5/h12,15,20,23H,6-11,13-14,16-19H2,1-5H3,(H,24,25)/b15-12-/t20-,22?/m1/s1. The van der Waals surface area contributed by atoms with Crippen LogP contribution in [0.5, 0.6) is 0 Å². The molecule has 0 saturated heterocycles. The van der Waals surface area contributed by atoms with Gasteiger partial charge in [0.15, 0.2) is 0 Å². The van der Waals surface area contributed by atoms with E-state index in [9.17, 15) is 15.0 Å². The zero-order valence-corrected chi connectivity index (χ0v) is 19.0. The van der Waals surface area contributed by atoms with Crippen LogP contribution in [0.25, 0.3) is 0 Å². The number of carboxylic acid groups (broad SMARTS) is 1. The lowest BCUT2D eigenvalue weighted by Gasteiger charge is -2.36. The summed E-state index contributed by atoms with van der Waals surface area (Å²) in [6.45, 7) is 10.6. The molecule has 0 aliphatic carbocycles. The molecule has 0 aromatic heterocycles. The van der Waals surface area contributed by atoms with Gasteiger partial charge in [-0.2, -0.15) is 0 Å². The van der Waals surface area contributed by atoms with E-state index in [1.807, 2.05) is 6.92 Å². The second-order valence-corrected chi connectivity index (χ2v) is 14.7. The molecule has 26 heavy (non-hydrogen) atoms. The van der Waals surface area contributed by atoms with Crippen LogP contribution >= 0.6 is 0 Å². The number of hydrogen-bond acceptors (Lipinski definition) is 2. The highest BCUT2D eigenvalue weighted by atomic mass is 28.3. The van der Waals surface area contributed by atoms with Crippen molar-refractivity contribution in [2.24, 2.45) is 0 Å². The van der Waals surface area contributed by atoms with Gasteiger partial charge in [0.2, 0.25) is 0 Å². The second kappa shape index (κ2) is 13.5. The van der Waals surface area contributed by atoms with E-state index in [4.69, 9.17) is 0 Å². The van der Waals surface area contributed by atoms with E-state index >= 15 is 0 Å². The molecule has 154 valence electrons. The maximum Gasteiger partial charge on any atom is 0.306 e. The maximum absolute atomic E-state index is 11.7. The minimum atomic E-state index is -1.72. The van der Waals surface area contributed by atoms with Gasteiger partial charge in [-0.3, -0.25) is 4.79 Å². The van der Waals surface area contributed by atoms with Crippen molar-refractivity contribution in [2.75, 3.05) is 0 Å². The average Bonchev–Trinajstić information content (AvgIpc) is 2.55. The summed E-state index contributed by atoms with van der Waals surface area (Å²) in [6, 6.07) is 0. The molecular formula is C22H44O3Si. The van der Waals surface area contributed by atoms with Crippen LogP contribution < -0.4 is 0 Å². The molecule has 2 atom stereocenters. The number of hydrogen-bond donors (Lipinski definition) is 2. The number of allylic oxidation sites excluding steroid dienone is 1. The Kier molecular flexibility index (Phi) is 13.2. The van der Waals surface area contributed by atoms with E-state index in [1.165, 1.54) is 19.3 Å². The number of carbonyl (C=O) groups is 1. The molecule has 0 fully saturated rings. The van der Waals surface area contributed by atoms with E-state index in [0.29, 0.717) is 0 Å². The smallest absolute Gasteiger partial charge is 0.306 e. The van der Waals surface area contributed by atoms with Crippen LogP contribution in [-0.2, 0) is 4.79 Å². The number of aliphatic carboxylic acids is 1. The molecule has 0 aliphatic heterocycles. The Labute approximate surface area is 163 Å². The van der Waals surface area contributed by atoms with Gasteiger partial charge in [0.25, 0.3) is 0 Å². The van der Waals surface area contributed by atoms with Gasteiger partial charge in [0.1, 0.15) is 0 Å². The Balaban J connectivity index is 3.77. The third-order valence-corrected chi connectivity index (χ3v) is 9.67. The fourth-order valence-electron chi connectivity index (χ4n) is 3.19. The number of aliphatic hydroxyl groups excluding tert-OH is 1. The highest BCUT2D eigenvalue weighted by Gasteiger charge is 2.44. The Morgan fingerprint density at radius 2 is 1.62 bits per heavy atom. The number of unbranched alkanes of at least 4 members (excludes halogenated alkanes) is 7. The quantitative estimate of drug-likeness (QED) is 0.175. The second-order valence-electron chi connectivity index (χ2n) is 9.05. The van der Waals surface area contributed by atoms with Crippen LogP contribution in [0.2, 0.25) is 24.7 Å². The summed E-state index contributed by atoms with van der Waals surface area (Å²) in [5.74, 6) is -0.618. The van der Waals surface area contributed by atoms with Gasteiger partial charge < -0.3 is 10.2 Å². The fourth-order valence-corrected chi connectivity index (χ4v) is 4.76. The topological polar surface area (TPSA) is 57.5 Å². The van der Waals surface area contributed by atoms with Crippen molar-refractivity contribution in [3.63, 3.8) is 0 Å². The maximum atomic E-state index is 11.7. The molecule has 3 nitrogen and oxygen atoms in total. The van der Waals surface area contributed by atoms with Crippen molar-refractivity contribution in [2.45, 2.75) is 122 Å². The molecule has 0 amide bonds. The summed E-state index contributed by atoms with van der Waals surface area (Å²) < 4.78 is 0. The molecule has 0 heterocycles. The molecule has 2 N–H and O–H groups in total. The Hall–Kier alpha value is -0.613. The number of carboxylic acids is 1. The molecule has 0 rings (SSSR count). The zero-order valence-electron chi connectivity index (χ0n) is 18.0. The summed E-state index contributed by atoms with van der Waals surface area (Å²) in [5.41, 5.74) is 0. The van der Waals surface area contributed by atoms with E-state index in [1.54, 1.807) is 0 Å². The van der Waals surface area contributed by atoms with E-state index in [-0.39, 0.29) is 6.10 Å². The van der Waals surface area contributed by atoms with Gasteiger partial charge in [-0.1, -0.05) is 90.6 Å². The van der Waals surface area contributed by atoms with Gasteiger partial charge in [-0.25, -0.2) is 0 Å². The van der Waals surface area contributed by atoms with Crippen LogP contribution in [0.4, 0.5) is 0 Å². The summed E-state index contributed by atoms with van der Waals surface area (Å²) in [5, 5.41) is 19.0. The lowest BCUT2D eigenvalue weighted by Crippen LogP contribution is -2.43. The van der Waals surface area contributed by atoms with Crippen molar-refractivity contribution >= 4 is 14.0 Å². The van der Waals surface area contributed by atoms with Crippen LogP contribution in [0.3, 0.4) is 0 Å². The zero-order chi connectivity index (χ0) is 20.1. The summed E-state index contributed by atoms with van der Waals surface area (Å²) in [6.07, 6.45) is 17.0. The third kappa shape index (κ3) is 10.5. The summed E-state index contributed by atoms with van der Waals surface area (Å²) >= 11 is 0. The highest BCUT2D eigenvalue weighted by molar-refractivity contribution is 6.82. The molecule has 4 heteroatoms. The van der Waals surface area contributed by atoms with Crippen molar-refractivity contribution < 1.29 is 15.0 Å². The minimum absolute atomic E-state index is 0.182. The molecule has 0 bridgehead atoms. The first-order valence-electron chi connectivity index (χ1n) is 10.7. The van der Waals surface area contributed by atoms with E-state index in [0.717, 1.165) is 57.8 Å². The predicted octanol–water partition coefficient (Wildman–Crippen LogP) is 6.79. The molecule has 0 radical (unpaired) electrons. The number of aliphatic hydroxyl groups is 1. The largest absolute Gasteiger partial charge is 0.481 e. The lowest BCUT2D eigenvalue weighted by atomic mass is 10.0. The fraction of sp³-hybridized carbons (Fsp3) is 0.864. The van der Waals surface area contributed by atoms with Crippen LogP contribution in [0, 0.1) is 0 Å². The molecule has 0 saturated carbocycles. The lowest BCUT2D eigenvalue weighted by molar-refractivity contribution is -0.140. The number of rotatable bonds is 16. The van der Waals surface area contributed by atoms with Gasteiger partial charge in [0, 0.05) is 0 Å². The monoisotopic (exact) mass is 384 g/mol. The molecule has 0 aromatic carbocycles. The summed E-state index contributed by atoms with van der Waals surface area (Å²) in [7, 11) is -1.72. The third-order valence-electron chi connectivity index (χ3n) is 5.89. The van der Waals surface area contributed by atoms with Crippen molar-refractivity contribution in [3.05, 3.63) is 12.2 Å². The van der Waals surface area contributed by atoms with Gasteiger partial charge in [0.05, 0.1) is 19.2 Å². The highest BCUT2D eigenvalue weighted by Crippen LogP contribution is 2.42. The molecule has 0 aromatic rings. The Morgan fingerprint density at radius 3 is 2.19 bits per heavy atom. The van der Waals surface area contributed by atoms with Crippen molar-refractivity contribution in [1.82, 2.24) is 0 Å². The van der Waals surface area contributed by atoms with Gasteiger partial charge in [-0.15, -0.1) is 0 Å². The van der Waals surface area contributed by atoms with E-state index < -0.39 is 19.1 Å². The Morgan fingerprint density at radius 1 is 1.00 bits per heavy atom. The molecule has 1 unspecified atom stereocenters. The first-order valence-corrected chi connectivity index (χ1v) is 14.2. The SMILES string of the molecule is CCCCCC[C@@H](O)C/C=C\CCCCCCC(C)(C(=O)O)[Si](C)(C)C. The first-order chi connectivity index (χ1) is 12.1. The molecule has 0 aliphatic rings.